The summed E-state index contributed by atoms with van der Waals surface area (Å²) in [7, 11) is 0. The number of nitrogens with zero attached hydrogens (tertiary/aromatic N) is 1. The standard InChI is InChI=1S/C12H22N2O2S/c1-11(2)8-12(3,15)14(10(17)13-11)7-9-5-4-6-16-9/h9,15H,4-8H2,1-3H3,(H,13,17). The molecule has 0 aromatic carbocycles. The van der Waals surface area contributed by atoms with Gasteiger partial charge in [0.15, 0.2) is 5.11 Å². The number of nitrogens with one attached hydrogen (secondary N) is 1. The van der Waals surface area contributed by atoms with Crippen LogP contribution in [-0.2, 0) is 4.74 Å². The smallest absolute Gasteiger partial charge is 0.171 e. The van der Waals surface area contributed by atoms with Crippen LogP contribution in [0.15, 0.2) is 0 Å². The van der Waals surface area contributed by atoms with Gasteiger partial charge in [-0.25, -0.2) is 0 Å². The first-order chi connectivity index (χ1) is 7.80. The number of aliphatic hydroxyl groups is 1. The molecule has 0 aliphatic carbocycles. The summed E-state index contributed by atoms with van der Waals surface area (Å²) in [6, 6.07) is 0. The summed E-state index contributed by atoms with van der Waals surface area (Å²) >= 11 is 5.36. The minimum absolute atomic E-state index is 0.159. The van der Waals surface area contributed by atoms with Crippen LogP contribution >= 0.6 is 12.2 Å². The molecule has 4 nitrogen and oxygen atoms in total. The van der Waals surface area contributed by atoms with E-state index >= 15 is 0 Å². The molecular weight excluding hydrogens is 236 g/mol. The van der Waals surface area contributed by atoms with Gasteiger partial charge in [0.25, 0.3) is 0 Å². The van der Waals surface area contributed by atoms with Crippen molar-refractivity contribution < 1.29 is 9.84 Å². The summed E-state index contributed by atoms with van der Waals surface area (Å²) < 4.78 is 5.61. The Labute approximate surface area is 108 Å². The summed E-state index contributed by atoms with van der Waals surface area (Å²) in [4.78, 5) is 1.86. The molecule has 0 bridgehead atoms. The van der Waals surface area contributed by atoms with Crippen LogP contribution in [0, 0.1) is 0 Å². The van der Waals surface area contributed by atoms with Gasteiger partial charge in [-0.2, -0.15) is 0 Å². The van der Waals surface area contributed by atoms with Gasteiger partial charge in [0, 0.05) is 25.1 Å². The normalized spacial score (nSPS) is 37.1. The Balaban J connectivity index is 2.07. The van der Waals surface area contributed by atoms with Gasteiger partial charge in [-0.15, -0.1) is 0 Å². The third-order valence-electron chi connectivity index (χ3n) is 3.46. The molecular formula is C12H22N2O2S. The van der Waals surface area contributed by atoms with Crippen molar-refractivity contribution in [1.82, 2.24) is 10.2 Å². The van der Waals surface area contributed by atoms with Crippen LogP contribution in [0.25, 0.3) is 0 Å². The first-order valence-corrected chi connectivity index (χ1v) is 6.65. The lowest BCUT2D eigenvalue weighted by molar-refractivity contribution is -0.101. The molecule has 2 heterocycles. The Morgan fingerprint density at radius 2 is 2.24 bits per heavy atom. The zero-order valence-corrected chi connectivity index (χ0v) is 11.6. The first kappa shape index (κ1) is 13.1. The number of thiocarbonyl (C=S) groups is 1. The summed E-state index contributed by atoms with van der Waals surface area (Å²) in [6.45, 7) is 7.44. The molecule has 0 aromatic rings. The third kappa shape index (κ3) is 2.89. The van der Waals surface area contributed by atoms with E-state index in [1.54, 1.807) is 0 Å². The molecule has 0 saturated carbocycles. The molecule has 0 amide bonds. The number of ether oxygens (including phenoxy) is 1. The topological polar surface area (TPSA) is 44.7 Å². The Bertz CT molecular complexity index is 312. The van der Waals surface area contributed by atoms with E-state index in [1.165, 1.54) is 0 Å². The average molecular weight is 258 g/mol. The highest BCUT2D eigenvalue weighted by Crippen LogP contribution is 2.30. The van der Waals surface area contributed by atoms with E-state index in [9.17, 15) is 5.11 Å². The molecule has 2 fully saturated rings. The number of hydrogen-bond acceptors (Lipinski definition) is 3. The predicted octanol–water partition coefficient (Wildman–Crippen LogP) is 1.23. The Hall–Kier alpha value is -0.390. The van der Waals surface area contributed by atoms with E-state index in [2.05, 4.69) is 19.2 Å². The van der Waals surface area contributed by atoms with Gasteiger partial charge in [-0.3, -0.25) is 0 Å². The van der Waals surface area contributed by atoms with Crippen molar-refractivity contribution in [3.63, 3.8) is 0 Å². The zero-order chi connectivity index (χ0) is 12.7. The molecule has 2 aliphatic heterocycles. The van der Waals surface area contributed by atoms with Crippen molar-refractivity contribution in [3.8, 4) is 0 Å². The summed E-state index contributed by atoms with van der Waals surface area (Å²) in [5.74, 6) is 0. The monoisotopic (exact) mass is 258 g/mol. The molecule has 0 aromatic heterocycles. The Morgan fingerprint density at radius 3 is 2.76 bits per heavy atom. The van der Waals surface area contributed by atoms with Crippen molar-refractivity contribution in [3.05, 3.63) is 0 Å². The maximum absolute atomic E-state index is 10.5. The lowest BCUT2D eigenvalue weighted by Crippen LogP contribution is -2.67. The fourth-order valence-electron chi connectivity index (χ4n) is 2.82. The molecule has 5 heteroatoms. The van der Waals surface area contributed by atoms with Gasteiger partial charge in [0.05, 0.1) is 6.10 Å². The van der Waals surface area contributed by atoms with Crippen LogP contribution in [-0.4, -0.2) is 45.6 Å². The van der Waals surface area contributed by atoms with E-state index in [4.69, 9.17) is 17.0 Å². The Kier molecular flexibility index (Phi) is 3.36. The second-order valence-corrected chi connectivity index (χ2v) is 6.34. The molecule has 17 heavy (non-hydrogen) atoms. The van der Waals surface area contributed by atoms with E-state index in [1.807, 2.05) is 11.8 Å². The molecule has 98 valence electrons. The largest absolute Gasteiger partial charge is 0.376 e. The van der Waals surface area contributed by atoms with Crippen molar-refractivity contribution in [2.24, 2.45) is 0 Å². The van der Waals surface area contributed by atoms with Crippen molar-refractivity contribution in [1.29, 1.82) is 0 Å². The maximum Gasteiger partial charge on any atom is 0.171 e. The maximum atomic E-state index is 10.5. The molecule has 0 radical (unpaired) electrons. The predicted molar refractivity (Wildman–Crippen MR) is 70.7 cm³/mol. The van der Waals surface area contributed by atoms with Gasteiger partial charge < -0.3 is 20.1 Å². The zero-order valence-electron chi connectivity index (χ0n) is 10.8. The van der Waals surface area contributed by atoms with Crippen molar-refractivity contribution in [2.75, 3.05) is 13.2 Å². The van der Waals surface area contributed by atoms with Gasteiger partial charge in [-0.05, 0) is 45.8 Å². The highest BCUT2D eigenvalue weighted by atomic mass is 32.1. The Morgan fingerprint density at radius 1 is 1.53 bits per heavy atom. The van der Waals surface area contributed by atoms with Gasteiger partial charge >= 0.3 is 0 Å². The molecule has 2 rings (SSSR count). The summed E-state index contributed by atoms with van der Waals surface area (Å²) in [5.41, 5.74) is -1.05. The molecule has 2 saturated heterocycles. The first-order valence-electron chi connectivity index (χ1n) is 6.24. The van der Waals surface area contributed by atoms with E-state index in [0.29, 0.717) is 18.1 Å². The van der Waals surface area contributed by atoms with Crippen LogP contribution < -0.4 is 5.32 Å². The molecule has 2 aliphatic rings. The minimum Gasteiger partial charge on any atom is -0.376 e. The minimum atomic E-state index is -0.891. The fraction of sp³-hybridized carbons (Fsp3) is 0.917. The summed E-state index contributed by atoms with van der Waals surface area (Å²) in [6.07, 6.45) is 3.00. The highest BCUT2D eigenvalue weighted by Gasteiger charge is 2.43. The van der Waals surface area contributed by atoms with Gasteiger partial charge in [-0.1, -0.05) is 0 Å². The van der Waals surface area contributed by atoms with Gasteiger partial charge in [0.2, 0.25) is 0 Å². The fourth-order valence-corrected chi connectivity index (χ4v) is 3.37. The highest BCUT2D eigenvalue weighted by molar-refractivity contribution is 7.80. The van der Waals surface area contributed by atoms with E-state index in [-0.39, 0.29) is 11.6 Å². The SMILES string of the molecule is CC1(C)CC(C)(O)N(CC2CCCO2)C(=S)N1. The van der Waals surface area contributed by atoms with Crippen LogP contribution in [0.5, 0.6) is 0 Å². The van der Waals surface area contributed by atoms with E-state index in [0.717, 1.165) is 19.4 Å². The third-order valence-corrected chi connectivity index (χ3v) is 3.78. The van der Waals surface area contributed by atoms with Crippen LogP contribution in [0.3, 0.4) is 0 Å². The lowest BCUT2D eigenvalue weighted by atomic mass is 9.90. The quantitative estimate of drug-likeness (QED) is 0.730. The molecule has 2 N–H and O–H groups in total. The number of rotatable bonds is 2. The second kappa shape index (κ2) is 4.37. The number of hydrogen-bond donors (Lipinski definition) is 2. The lowest BCUT2D eigenvalue weighted by Gasteiger charge is -2.50. The van der Waals surface area contributed by atoms with Crippen molar-refractivity contribution in [2.45, 2.75) is 57.4 Å². The van der Waals surface area contributed by atoms with E-state index < -0.39 is 5.72 Å². The van der Waals surface area contributed by atoms with Crippen molar-refractivity contribution >= 4 is 17.3 Å². The van der Waals surface area contributed by atoms with Crippen LogP contribution in [0.2, 0.25) is 0 Å². The summed E-state index contributed by atoms with van der Waals surface area (Å²) in [5, 5.41) is 14.4. The molecule has 0 spiro atoms. The van der Waals surface area contributed by atoms with Gasteiger partial charge in [0.1, 0.15) is 5.72 Å². The average Bonchev–Trinajstić information content (AvgIpc) is 2.60. The van der Waals surface area contributed by atoms with Crippen LogP contribution in [0.1, 0.15) is 40.0 Å². The van der Waals surface area contributed by atoms with Crippen LogP contribution in [0.4, 0.5) is 0 Å². The molecule has 2 unspecified atom stereocenters. The molecule has 2 atom stereocenters. The second-order valence-electron chi connectivity index (χ2n) is 5.95.